The fraction of sp³-hybridized carbons (Fsp3) is 0.440. The number of amides is 1. The number of fused-ring (bicyclic) bond motifs is 1. The van der Waals surface area contributed by atoms with Crippen molar-refractivity contribution in [1.82, 2.24) is 19.4 Å². The number of aryl methyl sites for hydroxylation is 1. The van der Waals surface area contributed by atoms with Crippen molar-refractivity contribution in [3.8, 4) is 5.75 Å². The molecule has 0 bridgehead atoms. The lowest BCUT2D eigenvalue weighted by Gasteiger charge is -2.33. The summed E-state index contributed by atoms with van der Waals surface area (Å²) in [7, 11) is 1.57. The van der Waals surface area contributed by atoms with Crippen molar-refractivity contribution < 1.29 is 9.53 Å². The molecule has 0 aliphatic carbocycles. The number of methoxy groups -OCH3 is 1. The minimum atomic E-state index is -0.191. The Morgan fingerprint density at radius 2 is 1.81 bits per heavy atom. The van der Waals surface area contributed by atoms with Gasteiger partial charge in [-0.15, -0.1) is 0 Å². The zero-order chi connectivity index (χ0) is 22.5. The van der Waals surface area contributed by atoms with Crippen LogP contribution in [0.1, 0.15) is 36.5 Å². The zero-order valence-electron chi connectivity index (χ0n) is 19.3. The molecule has 1 aliphatic heterocycles. The molecule has 7 nitrogen and oxygen atoms in total. The van der Waals surface area contributed by atoms with E-state index in [2.05, 4.69) is 39.6 Å². The first kappa shape index (κ1) is 22.3. The van der Waals surface area contributed by atoms with Gasteiger partial charge in [-0.25, -0.2) is 4.98 Å². The number of rotatable bonds is 8. The number of anilines is 1. The number of carbonyl (C=O) groups is 1. The van der Waals surface area contributed by atoms with Crippen LogP contribution in [0, 0.1) is 0 Å². The Hall–Kier alpha value is -2.90. The Bertz CT molecular complexity index is 1070. The molecule has 7 heteroatoms. The first-order chi connectivity index (χ1) is 15.6. The van der Waals surface area contributed by atoms with Gasteiger partial charge >= 0.3 is 0 Å². The lowest BCUT2D eigenvalue weighted by atomic mass is 10.2. The summed E-state index contributed by atoms with van der Waals surface area (Å²) in [6.07, 6.45) is 1.05. The predicted molar refractivity (Wildman–Crippen MR) is 128 cm³/mol. The van der Waals surface area contributed by atoms with Crippen LogP contribution in [0.5, 0.6) is 5.75 Å². The number of hydrogen-bond acceptors (Lipinski definition) is 5. The van der Waals surface area contributed by atoms with Gasteiger partial charge in [0.2, 0.25) is 0 Å². The number of carbonyl (C=O) groups excluding carboxylic acids is 1. The quantitative estimate of drug-likeness (QED) is 0.582. The number of benzene rings is 2. The second-order valence-corrected chi connectivity index (χ2v) is 8.25. The standard InChI is InChI=1S/C25H33N5O2/c1-4-12-30-22-11-10-19(26-25(31)20-8-6-7-9-23(20)32-3)17-21(22)27-24(30)18-29-15-13-28(5-2)14-16-29/h6-11,17H,4-5,12-16,18H2,1-3H3,(H,26,31). The van der Waals surface area contributed by atoms with E-state index in [0.29, 0.717) is 11.3 Å². The summed E-state index contributed by atoms with van der Waals surface area (Å²) in [5, 5.41) is 2.99. The van der Waals surface area contributed by atoms with E-state index < -0.39 is 0 Å². The van der Waals surface area contributed by atoms with E-state index in [1.165, 1.54) is 0 Å². The molecule has 2 heterocycles. The highest BCUT2D eigenvalue weighted by atomic mass is 16.5. The smallest absolute Gasteiger partial charge is 0.259 e. The Balaban J connectivity index is 1.55. The number of imidazole rings is 1. The lowest BCUT2D eigenvalue weighted by Crippen LogP contribution is -2.45. The Morgan fingerprint density at radius 3 is 2.53 bits per heavy atom. The monoisotopic (exact) mass is 435 g/mol. The van der Waals surface area contributed by atoms with Crippen LogP contribution >= 0.6 is 0 Å². The molecule has 1 saturated heterocycles. The average molecular weight is 436 g/mol. The minimum Gasteiger partial charge on any atom is -0.496 e. The Labute approximate surface area is 190 Å². The summed E-state index contributed by atoms with van der Waals surface area (Å²) in [5.74, 6) is 1.47. The fourth-order valence-electron chi connectivity index (χ4n) is 4.35. The third kappa shape index (κ3) is 4.79. The summed E-state index contributed by atoms with van der Waals surface area (Å²) in [6.45, 7) is 11.7. The van der Waals surface area contributed by atoms with Gasteiger partial charge in [0.15, 0.2) is 0 Å². The van der Waals surface area contributed by atoms with E-state index >= 15 is 0 Å². The third-order valence-electron chi connectivity index (χ3n) is 6.16. The molecule has 1 aromatic heterocycles. The summed E-state index contributed by atoms with van der Waals surface area (Å²) in [6, 6.07) is 13.2. The second-order valence-electron chi connectivity index (χ2n) is 8.25. The van der Waals surface area contributed by atoms with E-state index in [1.807, 2.05) is 24.3 Å². The maximum absolute atomic E-state index is 12.8. The summed E-state index contributed by atoms with van der Waals surface area (Å²) in [4.78, 5) is 22.7. The first-order valence-corrected chi connectivity index (χ1v) is 11.5. The predicted octanol–water partition coefficient (Wildman–Crippen LogP) is 3.84. The molecule has 4 rings (SSSR count). The lowest BCUT2D eigenvalue weighted by molar-refractivity contribution is 0.102. The number of aromatic nitrogens is 2. The molecule has 0 radical (unpaired) electrons. The van der Waals surface area contributed by atoms with E-state index in [9.17, 15) is 4.79 Å². The highest BCUT2D eigenvalue weighted by Crippen LogP contribution is 2.24. The molecule has 1 N–H and O–H groups in total. The number of hydrogen-bond donors (Lipinski definition) is 1. The molecule has 0 spiro atoms. The van der Waals surface area contributed by atoms with Crippen LogP contribution in [0.25, 0.3) is 11.0 Å². The molecule has 0 saturated carbocycles. The normalized spacial score (nSPS) is 15.2. The molecule has 1 aliphatic rings. The zero-order valence-corrected chi connectivity index (χ0v) is 19.3. The van der Waals surface area contributed by atoms with Crippen LogP contribution in [-0.4, -0.2) is 65.1 Å². The van der Waals surface area contributed by atoms with Gasteiger partial charge in [-0.1, -0.05) is 26.0 Å². The number of piperazine rings is 1. The minimum absolute atomic E-state index is 0.191. The largest absolute Gasteiger partial charge is 0.496 e. The SMILES string of the molecule is CCCn1c(CN2CCN(CC)CC2)nc2cc(NC(=O)c3ccccc3OC)ccc21. The number of para-hydroxylation sites is 1. The van der Waals surface area contributed by atoms with Gasteiger partial charge in [0.25, 0.3) is 5.91 Å². The van der Waals surface area contributed by atoms with Crippen molar-refractivity contribution in [1.29, 1.82) is 0 Å². The van der Waals surface area contributed by atoms with E-state index in [4.69, 9.17) is 9.72 Å². The Morgan fingerprint density at radius 1 is 1.06 bits per heavy atom. The number of nitrogens with one attached hydrogen (secondary N) is 1. The van der Waals surface area contributed by atoms with E-state index in [0.717, 1.165) is 74.8 Å². The Kier molecular flexibility index (Phi) is 7.07. The van der Waals surface area contributed by atoms with Crippen molar-refractivity contribution in [3.63, 3.8) is 0 Å². The van der Waals surface area contributed by atoms with Crippen molar-refractivity contribution >= 4 is 22.6 Å². The van der Waals surface area contributed by atoms with Crippen LogP contribution < -0.4 is 10.1 Å². The first-order valence-electron chi connectivity index (χ1n) is 11.5. The van der Waals surface area contributed by atoms with Gasteiger partial charge in [-0.2, -0.15) is 0 Å². The summed E-state index contributed by atoms with van der Waals surface area (Å²) in [5.41, 5.74) is 3.28. The van der Waals surface area contributed by atoms with Gasteiger partial charge in [0.05, 0.1) is 30.3 Å². The molecular formula is C25H33N5O2. The molecule has 0 unspecified atom stereocenters. The van der Waals surface area contributed by atoms with Crippen LogP contribution in [0.3, 0.4) is 0 Å². The van der Waals surface area contributed by atoms with E-state index in [-0.39, 0.29) is 5.91 Å². The van der Waals surface area contributed by atoms with Gasteiger partial charge in [-0.3, -0.25) is 9.69 Å². The van der Waals surface area contributed by atoms with Crippen LogP contribution in [0.2, 0.25) is 0 Å². The second kappa shape index (κ2) is 10.1. The molecule has 2 aromatic carbocycles. The fourth-order valence-corrected chi connectivity index (χ4v) is 4.35. The highest BCUT2D eigenvalue weighted by molar-refractivity contribution is 6.06. The van der Waals surface area contributed by atoms with E-state index in [1.54, 1.807) is 19.2 Å². The van der Waals surface area contributed by atoms with Gasteiger partial charge < -0.3 is 19.5 Å². The molecule has 0 atom stereocenters. The maximum Gasteiger partial charge on any atom is 0.259 e. The van der Waals surface area contributed by atoms with Crippen molar-refractivity contribution in [2.24, 2.45) is 0 Å². The van der Waals surface area contributed by atoms with Gasteiger partial charge in [0.1, 0.15) is 11.6 Å². The summed E-state index contributed by atoms with van der Waals surface area (Å²) >= 11 is 0. The molecule has 1 fully saturated rings. The van der Waals surface area contributed by atoms with Gasteiger partial charge in [-0.05, 0) is 43.3 Å². The van der Waals surface area contributed by atoms with Crippen LogP contribution in [0.15, 0.2) is 42.5 Å². The molecule has 170 valence electrons. The molecule has 3 aromatic rings. The third-order valence-corrected chi connectivity index (χ3v) is 6.16. The van der Waals surface area contributed by atoms with Crippen LogP contribution in [0.4, 0.5) is 5.69 Å². The number of nitrogens with zero attached hydrogens (tertiary/aromatic N) is 4. The number of likely N-dealkylation sites (N-methyl/N-ethyl adjacent to an activating group) is 1. The van der Waals surface area contributed by atoms with Crippen molar-refractivity contribution in [3.05, 3.63) is 53.9 Å². The van der Waals surface area contributed by atoms with Crippen molar-refractivity contribution in [2.45, 2.75) is 33.4 Å². The van der Waals surface area contributed by atoms with Crippen molar-refractivity contribution in [2.75, 3.05) is 45.2 Å². The highest BCUT2D eigenvalue weighted by Gasteiger charge is 2.19. The maximum atomic E-state index is 12.8. The summed E-state index contributed by atoms with van der Waals surface area (Å²) < 4.78 is 7.65. The number of ether oxygens (including phenoxy) is 1. The van der Waals surface area contributed by atoms with Crippen LogP contribution in [-0.2, 0) is 13.1 Å². The average Bonchev–Trinajstić information content (AvgIpc) is 3.15. The topological polar surface area (TPSA) is 62.6 Å². The van der Waals surface area contributed by atoms with Gasteiger partial charge in [0, 0.05) is 38.4 Å². The molecule has 32 heavy (non-hydrogen) atoms. The molecule has 1 amide bonds. The molecular weight excluding hydrogens is 402 g/mol.